The van der Waals surface area contributed by atoms with Gasteiger partial charge in [0.25, 0.3) is 5.91 Å². The Balaban J connectivity index is 1.94. The molecule has 3 aromatic rings. The van der Waals surface area contributed by atoms with Crippen molar-refractivity contribution in [2.75, 3.05) is 27.9 Å². The zero-order valence-corrected chi connectivity index (χ0v) is 23.3. The molecule has 3 rings (SSSR count). The molecule has 0 spiro atoms. The first kappa shape index (κ1) is 29.4. The number of methoxy groups -OCH3 is 3. The second-order valence-corrected chi connectivity index (χ2v) is 9.23. The van der Waals surface area contributed by atoms with Gasteiger partial charge in [-0.25, -0.2) is 0 Å². The molecule has 0 unspecified atom stereocenters. The largest absolute Gasteiger partial charge is 0.497 e. The van der Waals surface area contributed by atoms with Gasteiger partial charge in [-0.3, -0.25) is 9.59 Å². The van der Waals surface area contributed by atoms with E-state index in [0.29, 0.717) is 29.4 Å². The second kappa shape index (κ2) is 14.7. The highest BCUT2D eigenvalue weighted by Crippen LogP contribution is 2.27. The van der Waals surface area contributed by atoms with Crippen molar-refractivity contribution in [1.29, 1.82) is 0 Å². The van der Waals surface area contributed by atoms with E-state index in [1.54, 1.807) is 44.4 Å². The van der Waals surface area contributed by atoms with Crippen LogP contribution in [0, 0.1) is 0 Å². The Morgan fingerprint density at radius 1 is 0.795 bits per heavy atom. The lowest BCUT2D eigenvalue weighted by atomic mass is 10.0. The van der Waals surface area contributed by atoms with Crippen LogP contribution in [0.1, 0.15) is 31.4 Å². The van der Waals surface area contributed by atoms with E-state index >= 15 is 0 Å². The SMILES string of the molecule is CC[C@@H](C)NC(=O)[C@@H](Cc1ccccc1)N(Cc1cccc(OC)c1)C(=O)COc1cc(OC)cc(OC)c1. The molecular weight excluding hydrogens is 496 g/mol. The van der Waals surface area contributed by atoms with Crippen LogP contribution in [0.3, 0.4) is 0 Å². The summed E-state index contributed by atoms with van der Waals surface area (Å²) in [4.78, 5) is 29.0. The first-order valence-corrected chi connectivity index (χ1v) is 13.0. The fraction of sp³-hybridized carbons (Fsp3) is 0.355. The monoisotopic (exact) mass is 534 g/mol. The van der Waals surface area contributed by atoms with Gasteiger partial charge in [0.15, 0.2) is 6.61 Å². The molecule has 0 aliphatic carbocycles. The lowest BCUT2D eigenvalue weighted by Crippen LogP contribution is -2.53. The number of rotatable bonds is 14. The maximum atomic E-state index is 13.8. The zero-order valence-electron chi connectivity index (χ0n) is 23.3. The maximum absolute atomic E-state index is 13.8. The number of ether oxygens (including phenoxy) is 4. The number of carbonyl (C=O) groups is 2. The van der Waals surface area contributed by atoms with E-state index in [4.69, 9.17) is 18.9 Å². The Hall–Kier alpha value is -4.20. The van der Waals surface area contributed by atoms with Crippen LogP contribution in [-0.4, -0.2) is 56.7 Å². The molecule has 0 aromatic heterocycles. The van der Waals surface area contributed by atoms with Crippen LogP contribution in [0.15, 0.2) is 72.8 Å². The molecule has 8 heteroatoms. The molecule has 0 bridgehead atoms. The highest BCUT2D eigenvalue weighted by Gasteiger charge is 2.31. The molecule has 0 aliphatic heterocycles. The predicted octanol–water partition coefficient (Wildman–Crippen LogP) is 4.65. The number of hydrogen-bond acceptors (Lipinski definition) is 6. The molecule has 39 heavy (non-hydrogen) atoms. The van der Waals surface area contributed by atoms with Gasteiger partial charge in [0.2, 0.25) is 5.91 Å². The predicted molar refractivity (Wildman–Crippen MR) is 150 cm³/mol. The van der Waals surface area contributed by atoms with Crippen LogP contribution in [0.4, 0.5) is 0 Å². The molecule has 2 amide bonds. The highest BCUT2D eigenvalue weighted by atomic mass is 16.5. The second-order valence-electron chi connectivity index (χ2n) is 9.23. The molecule has 0 radical (unpaired) electrons. The molecule has 0 heterocycles. The Morgan fingerprint density at radius 3 is 2.03 bits per heavy atom. The van der Waals surface area contributed by atoms with Crippen molar-refractivity contribution < 1.29 is 28.5 Å². The van der Waals surface area contributed by atoms with Gasteiger partial charge in [-0.15, -0.1) is 0 Å². The van der Waals surface area contributed by atoms with Gasteiger partial charge < -0.3 is 29.2 Å². The third kappa shape index (κ3) is 8.67. The maximum Gasteiger partial charge on any atom is 0.261 e. The van der Waals surface area contributed by atoms with Gasteiger partial charge in [-0.1, -0.05) is 49.4 Å². The van der Waals surface area contributed by atoms with Gasteiger partial charge in [-0.2, -0.15) is 0 Å². The Morgan fingerprint density at radius 2 is 1.41 bits per heavy atom. The number of benzene rings is 3. The lowest BCUT2D eigenvalue weighted by molar-refractivity contribution is -0.143. The fourth-order valence-corrected chi connectivity index (χ4v) is 4.06. The first-order valence-electron chi connectivity index (χ1n) is 13.0. The zero-order chi connectivity index (χ0) is 28.2. The molecule has 0 fully saturated rings. The van der Waals surface area contributed by atoms with E-state index in [9.17, 15) is 9.59 Å². The summed E-state index contributed by atoms with van der Waals surface area (Å²) in [5.41, 5.74) is 1.78. The van der Waals surface area contributed by atoms with Crippen molar-refractivity contribution >= 4 is 11.8 Å². The summed E-state index contributed by atoms with van der Waals surface area (Å²) in [5, 5.41) is 3.07. The van der Waals surface area contributed by atoms with Gasteiger partial charge in [0, 0.05) is 37.2 Å². The topological polar surface area (TPSA) is 86.3 Å². The van der Waals surface area contributed by atoms with Crippen molar-refractivity contribution in [2.45, 2.75) is 45.3 Å². The van der Waals surface area contributed by atoms with E-state index in [1.165, 1.54) is 0 Å². The van der Waals surface area contributed by atoms with Gasteiger partial charge in [0.05, 0.1) is 21.3 Å². The van der Waals surface area contributed by atoms with Crippen LogP contribution in [0.25, 0.3) is 0 Å². The summed E-state index contributed by atoms with van der Waals surface area (Å²) in [6.07, 6.45) is 1.13. The summed E-state index contributed by atoms with van der Waals surface area (Å²) >= 11 is 0. The normalized spacial score (nSPS) is 12.1. The minimum absolute atomic E-state index is 0.0370. The lowest BCUT2D eigenvalue weighted by Gasteiger charge is -2.32. The molecular formula is C31H38N2O6. The van der Waals surface area contributed by atoms with E-state index in [0.717, 1.165) is 17.5 Å². The standard InChI is InChI=1S/C31H38N2O6/c1-6-22(2)32-31(35)29(16-23-11-8-7-9-12-23)33(20-24-13-10-14-25(15-24)36-3)30(34)21-39-28-18-26(37-4)17-27(19-28)38-5/h7-15,17-19,22,29H,6,16,20-21H2,1-5H3,(H,32,35)/t22-,29-/m1/s1. The van der Waals surface area contributed by atoms with E-state index in [2.05, 4.69) is 5.32 Å². The van der Waals surface area contributed by atoms with Crippen LogP contribution < -0.4 is 24.3 Å². The third-order valence-electron chi connectivity index (χ3n) is 6.45. The van der Waals surface area contributed by atoms with E-state index in [-0.39, 0.29) is 31.0 Å². The molecule has 0 saturated heterocycles. The summed E-state index contributed by atoms with van der Waals surface area (Å²) in [6.45, 7) is 3.88. The minimum atomic E-state index is -0.761. The van der Waals surface area contributed by atoms with Crippen LogP contribution in [0.5, 0.6) is 23.0 Å². The highest BCUT2D eigenvalue weighted by molar-refractivity contribution is 5.88. The molecule has 8 nitrogen and oxygen atoms in total. The van der Waals surface area contributed by atoms with Crippen LogP contribution in [-0.2, 0) is 22.6 Å². The van der Waals surface area contributed by atoms with Gasteiger partial charge >= 0.3 is 0 Å². The molecule has 0 saturated carbocycles. The average molecular weight is 535 g/mol. The fourth-order valence-electron chi connectivity index (χ4n) is 4.06. The summed E-state index contributed by atoms with van der Waals surface area (Å²) < 4.78 is 21.9. The molecule has 3 aromatic carbocycles. The molecule has 208 valence electrons. The van der Waals surface area contributed by atoms with Crippen molar-refractivity contribution in [1.82, 2.24) is 10.2 Å². The number of nitrogens with zero attached hydrogens (tertiary/aromatic N) is 1. The summed E-state index contributed by atoms with van der Waals surface area (Å²) in [5.74, 6) is 1.63. The van der Waals surface area contributed by atoms with E-state index < -0.39 is 6.04 Å². The summed E-state index contributed by atoms with van der Waals surface area (Å²) in [7, 11) is 4.68. The number of nitrogens with one attached hydrogen (secondary N) is 1. The number of carbonyl (C=O) groups excluding carboxylic acids is 2. The van der Waals surface area contributed by atoms with E-state index in [1.807, 2.05) is 68.4 Å². The summed E-state index contributed by atoms with van der Waals surface area (Å²) in [6, 6.07) is 21.4. The Labute approximate surface area is 230 Å². The average Bonchev–Trinajstić information content (AvgIpc) is 2.97. The first-order chi connectivity index (χ1) is 18.9. The Kier molecular flexibility index (Phi) is 11.0. The number of amides is 2. The van der Waals surface area contributed by atoms with Crippen LogP contribution in [0.2, 0.25) is 0 Å². The van der Waals surface area contributed by atoms with Gasteiger partial charge in [0.1, 0.15) is 29.0 Å². The molecule has 1 N–H and O–H groups in total. The van der Waals surface area contributed by atoms with Crippen molar-refractivity contribution in [3.05, 3.63) is 83.9 Å². The van der Waals surface area contributed by atoms with Gasteiger partial charge in [-0.05, 0) is 36.6 Å². The smallest absolute Gasteiger partial charge is 0.261 e. The molecule has 0 aliphatic rings. The van der Waals surface area contributed by atoms with Crippen molar-refractivity contribution in [3.63, 3.8) is 0 Å². The molecule has 2 atom stereocenters. The van der Waals surface area contributed by atoms with Crippen molar-refractivity contribution in [3.8, 4) is 23.0 Å². The number of hydrogen-bond donors (Lipinski definition) is 1. The minimum Gasteiger partial charge on any atom is -0.497 e. The Bertz CT molecular complexity index is 1190. The third-order valence-corrected chi connectivity index (χ3v) is 6.45. The van der Waals surface area contributed by atoms with Crippen molar-refractivity contribution in [2.24, 2.45) is 0 Å². The van der Waals surface area contributed by atoms with Crippen LogP contribution >= 0.6 is 0 Å². The quantitative estimate of drug-likeness (QED) is 0.324.